The molecule has 1 aromatic heterocycles. The first-order chi connectivity index (χ1) is 9.76. The maximum Gasteiger partial charge on any atom is 0.282 e. The van der Waals surface area contributed by atoms with Gasteiger partial charge in [0.1, 0.15) is 0 Å². The zero-order valence-corrected chi connectivity index (χ0v) is 12.7. The van der Waals surface area contributed by atoms with Gasteiger partial charge in [0, 0.05) is 13.1 Å². The Kier molecular flexibility index (Phi) is 4.19. The number of anilines is 1. The minimum absolute atomic E-state index is 0.0742. The predicted molar refractivity (Wildman–Crippen MR) is 80.0 cm³/mol. The molecule has 20 heavy (non-hydrogen) atoms. The van der Waals surface area contributed by atoms with Gasteiger partial charge in [-0.3, -0.25) is 4.79 Å². The summed E-state index contributed by atoms with van der Waals surface area (Å²) in [7, 11) is 0. The van der Waals surface area contributed by atoms with E-state index in [2.05, 4.69) is 27.8 Å². The van der Waals surface area contributed by atoms with Gasteiger partial charge in [-0.25, -0.2) is 0 Å². The minimum atomic E-state index is -0.0742. The fraction of sp³-hybridized carbons (Fsp3) is 0.786. The molecule has 6 heteroatoms. The third-order valence-corrected chi connectivity index (χ3v) is 5.43. The second kappa shape index (κ2) is 6.08. The molecule has 2 aliphatic rings. The van der Waals surface area contributed by atoms with E-state index in [0.717, 1.165) is 36.5 Å². The molecule has 1 aromatic rings. The molecule has 1 amide bonds. The van der Waals surface area contributed by atoms with E-state index in [9.17, 15) is 4.79 Å². The maximum atomic E-state index is 12.1. The van der Waals surface area contributed by atoms with Crippen LogP contribution in [0.5, 0.6) is 0 Å². The number of carbonyl (C=O) groups excluding carboxylic acids is 1. The van der Waals surface area contributed by atoms with Crippen LogP contribution in [0.15, 0.2) is 0 Å². The molecular formula is C14H22N4OS. The van der Waals surface area contributed by atoms with Gasteiger partial charge in [0.15, 0.2) is 0 Å². The average Bonchev–Trinajstić information content (AvgIpc) is 3.18. The number of rotatable bonds is 6. The summed E-state index contributed by atoms with van der Waals surface area (Å²) >= 11 is 1.33. The average molecular weight is 294 g/mol. The van der Waals surface area contributed by atoms with Crippen LogP contribution in [0.4, 0.5) is 5.13 Å². The van der Waals surface area contributed by atoms with Crippen molar-refractivity contribution < 1.29 is 4.79 Å². The molecule has 3 atom stereocenters. The van der Waals surface area contributed by atoms with Crippen LogP contribution in [0.2, 0.25) is 0 Å². The summed E-state index contributed by atoms with van der Waals surface area (Å²) < 4.78 is 0. The van der Waals surface area contributed by atoms with Crippen LogP contribution in [0.3, 0.4) is 0 Å². The molecule has 2 aliphatic carbocycles. The number of hydrogen-bond acceptors (Lipinski definition) is 5. The van der Waals surface area contributed by atoms with E-state index in [-0.39, 0.29) is 5.91 Å². The third kappa shape index (κ3) is 2.95. The van der Waals surface area contributed by atoms with Gasteiger partial charge in [-0.05, 0) is 43.4 Å². The molecule has 2 bridgehead atoms. The summed E-state index contributed by atoms with van der Waals surface area (Å²) in [6.07, 6.45) is 6.47. The lowest BCUT2D eigenvalue weighted by Gasteiger charge is -2.21. The van der Waals surface area contributed by atoms with Crippen LogP contribution in [-0.2, 0) is 0 Å². The molecule has 110 valence electrons. The summed E-state index contributed by atoms with van der Waals surface area (Å²) in [5.74, 6) is 2.38. The van der Waals surface area contributed by atoms with E-state index in [4.69, 9.17) is 0 Å². The highest BCUT2D eigenvalue weighted by Crippen LogP contribution is 2.47. The van der Waals surface area contributed by atoms with Gasteiger partial charge < -0.3 is 10.6 Å². The molecule has 1 heterocycles. The van der Waals surface area contributed by atoms with Gasteiger partial charge in [-0.15, -0.1) is 10.2 Å². The molecule has 2 N–H and O–H groups in total. The molecule has 0 aliphatic heterocycles. The number of nitrogens with one attached hydrogen (secondary N) is 2. The third-order valence-electron chi connectivity index (χ3n) is 4.55. The fourth-order valence-corrected chi connectivity index (χ4v) is 4.23. The SMILES string of the molecule is CCCNc1nnc(C(=O)NCC2CC3CCC2C3)s1. The number of hydrogen-bond donors (Lipinski definition) is 2. The topological polar surface area (TPSA) is 66.9 Å². The number of amides is 1. The lowest BCUT2D eigenvalue weighted by Crippen LogP contribution is -2.31. The van der Waals surface area contributed by atoms with Crippen molar-refractivity contribution in [3.8, 4) is 0 Å². The van der Waals surface area contributed by atoms with Crippen molar-refractivity contribution in [3.05, 3.63) is 5.01 Å². The van der Waals surface area contributed by atoms with Crippen molar-refractivity contribution in [1.29, 1.82) is 0 Å². The molecule has 3 unspecified atom stereocenters. The first-order valence-electron chi connectivity index (χ1n) is 7.61. The Hall–Kier alpha value is -1.17. The van der Waals surface area contributed by atoms with E-state index in [1.807, 2.05) is 0 Å². The van der Waals surface area contributed by atoms with Crippen molar-refractivity contribution in [2.45, 2.75) is 39.0 Å². The molecule has 5 nitrogen and oxygen atoms in total. The van der Waals surface area contributed by atoms with E-state index in [0.29, 0.717) is 10.9 Å². The number of aromatic nitrogens is 2. The second-order valence-electron chi connectivity index (χ2n) is 5.98. The Labute approximate surface area is 123 Å². The summed E-state index contributed by atoms with van der Waals surface area (Å²) in [6, 6.07) is 0. The predicted octanol–water partition coefficient (Wildman–Crippen LogP) is 2.53. The summed E-state index contributed by atoms with van der Waals surface area (Å²) in [4.78, 5) is 12.1. The lowest BCUT2D eigenvalue weighted by molar-refractivity contribution is 0.0940. The largest absolute Gasteiger partial charge is 0.360 e. The van der Waals surface area contributed by atoms with Gasteiger partial charge in [-0.2, -0.15) is 0 Å². The zero-order valence-electron chi connectivity index (χ0n) is 11.9. The summed E-state index contributed by atoms with van der Waals surface area (Å²) in [5.41, 5.74) is 0. The number of nitrogens with zero attached hydrogens (tertiary/aromatic N) is 2. The first kappa shape index (κ1) is 13.8. The minimum Gasteiger partial charge on any atom is -0.360 e. The highest BCUT2D eigenvalue weighted by atomic mass is 32.1. The van der Waals surface area contributed by atoms with Crippen molar-refractivity contribution in [2.75, 3.05) is 18.4 Å². The highest BCUT2D eigenvalue weighted by molar-refractivity contribution is 7.17. The highest BCUT2D eigenvalue weighted by Gasteiger charge is 2.39. The van der Waals surface area contributed by atoms with Crippen LogP contribution in [0.25, 0.3) is 0 Å². The van der Waals surface area contributed by atoms with Crippen molar-refractivity contribution in [2.24, 2.45) is 17.8 Å². The first-order valence-corrected chi connectivity index (χ1v) is 8.43. The Morgan fingerprint density at radius 3 is 2.95 bits per heavy atom. The maximum absolute atomic E-state index is 12.1. The number of carbonyl (C=O) groups is 1. The van der Waals surface area contributed by atoms with E-state index >= 15 is 0 Å². The molecule has 3 rings (SSSR count). The second-order valence-corrected chi connectivity index (χ2v) is 6.96. The molecule has 2 saturated carbocycles. The number of fused-ring (bicyclic) bond motifs is 2. The summed E-state index contributed by atoms with van der Waals surface area (Å²) in [6.45, 7) is 3.76. The molecule has 2 fully saturated rings. The normalized spacial score (nSPS) is 27.8. The smallest absolute Gasteiger partial charge is 0.282 e. The zero-order chi connectivity index (χ0) is 13.9. The van der Waals surface area contributed by atoms with Crippen LogP contribution in [0, 0.1) is 17.8 Å². The van der Waals surface area contributed by atoms with Crippen molar-refractivity contribution in [1.82, 2.24) is 15.5 Å². The molecular weight excluding hydrogens is 272 g/mol. The van der Waals surface area contributed by atoms with Crippen LogP contribution in [-0.4, -0.2) is 29.2 Å². The lowest BCUT2D eigenvalue weighted by atomic mass is 9.89. The van der Waals surface area contributed by atoms with E-state index in [1.54, 1.807) is 0 Å². The quantitative estimate of drug-likeness (QED) is 0.846. The summed E-state index contributed by atoms with van der Waals surface area (Å²) in [5, 5.41) is 15.3. The molecule has 0 spiro atoms. The Balaban J connectivity index is 1.48. The van der Waals surface area contributed by atoms with Gasteiger partial charge >= 0.3 is 0 Å². The van der Waals surface area contributed by atoms with Crippen LogP contribution < -0.4 is 10.6 Å². The van der Waals surface area contributed by atoms with Gasteiger partial charge in [0.05, 0.1) is 0 Å². The van der Waals surface area contributed by atoms with E-state index < -0.39 is 0 Å². The van der Waals surface area contributed by atoms with Crippen LogP contribution in [0.1, 0.15) is 48.8 Å². The Bertz CT molecular complexity index is 475. The molecule has 0 saturated heterocycles. The Morgan fingerprint density at radius 1 is 1.35 bits per heavy atom. The fourth-order valence-electron chi connectivity index (χ4n) is 3.54. The standard InChI is InChI=1S/C14H22N4OS/c1-2-5-15-14-18-17-13(20-14)12(19)16-8-11-7-9-3-4-10(11)6-9/h9-11H,2-8H2,1H3,(H,15,18)(H,16,19). The monoisotopic (exact) mass is 294 g/mol. The van der Waals surface area contributed by atoms with Gasteiger partial charge in [-0.1, -0.05) is 24.7 Å². The molecule has 0 radical (unpaired) electrons. The Morgan fingerprint density at radius 2 is 2.25 bits per heavy atom. The van der Waals surface area contributed by atoms with Gasteiger partial charge in [0.25, 0.3) is 5.91 Å². The van der Waals surface area contributed by atoms with Crippen LogP contribution >= 0.6 is 11.3 Å². The van der Waals surface area contributed by atoms with Gasteiger partial charge in [0.2, 0.25) is 10.1 Å². The van der Waals surface area contributed by atoms with E-state index in [1.165, 1.54) is 37.0 Å². The molecule has 0 aromatic carbocycles. The van der Waals surface area contributed by atoms with Crippen molar-refractivity contribution in [3.63, 3.8) is 0 Å². The van der Waals surface area contributed by atoms with Crippen molar-refractivity contribution >= 4 is 22.4 Å².